The highest BCUT2D eigenvalue weighted by Crippen LogP contribution is 2.31. The largest absolute Gasteiger partial charge is 0.338 e. The monoisotopic (exact) mass is 309 g/mol. The summed E-state index contributed by atoms with van der Waals surface area (Å²) in [6, 6.07) is 13.1. The van der Waals surface area contributed by atoms with Crippen molar-refractivity contribution in [2.45, 2.75) is 25.3 Å². The number of hydrogen-bond acceptors (Lipinski definition) is 3. The topological polar surface area (TPSA) is 55.2 Å². The molecule has 2 fully saturated rings. The van der Waals surface area contributed by atoms with Crippen LogP contribution in [0.25, 0.3) is 11.3 Å². The van der Waals surface area contributed by atoms with Crippen molar-refractivity contribution in [2.24, 2.45) is 5.92 Å². The lowest BCUT2D eigenvalue weighted by Gasteiger charge is -2.42. The summed E-state index contributed by atoms with van der Waals surface area (Å²) < 4.78 is 1.53. The molecule has 1 aromatic carbocycles. The van der Waals surface area contributed by atoms with Crippen molar-refractivity contribution >= 4 is 5.91 Å². The molecule has 5 heteroatoms. The minimum absolute atomic E-state index is 0.00445. The van der Waals surface area contributed by atoms with E-state index in [1.807, 2.05) is 35.2 Å². The van der Waals surface area contributed by atoms with E-state index in [9.17, 15) is 9.59 Å². The molecule has 23 heavy (non-hydrogen) atoms. The van der Waals surface area contributed by atoms with E-state index in [0.29, 0.717) is 13.1 Å². The predicted molar refractivity (Wildman–Crippen MR) is 86.9 cm³/mol. The lowest BCUT2D eigenvalue weighted by Crippen LogP contribution is -2.55. The van der Waals surface area contributed by atoms with E-state index < -0.39 is 0 Å². The first-order valence-electron chi connectivity index (χ1n) is 8.16. The quantitative estimate of drug-likeness (QED) is 0.872. The van der Waals surface area contributed by atoms with Gasteiger partial charge in [-0.2, -0.15) is 5.10 Å². The molecule has 0 radical (unpaired) electrons. The summed E-state index contributed by atoms with van der Waals surface area (Å²) in [6.07, 6.45) is 3.19. The minimum Gasteiger partial charge on any atom is -0.338 e. The van der Waals surface area contributed by atoms with E-state index in [4.69, 9.17) is 0 Å². The molecule has 5 nitrogen and oxygen atoms in total. The zero-order valence-corrected chi connectivity index (χ0v) is 12.9. The standard InChI is InChI=1S/C18H19N3O2/c22-17-10-9-16(13-5-2-1-3-6-13)19-21(17)15-11-20(12-15)18(23)14-7-4-8-14/h1-3,5-6,9-10,14-15H,4,7-8,11-12H2. The van der Waals surface area contributed by atoms with Crippen LogP contribution < -0.4 is 5.56 Å². The molecule has 1 aliphatic heterocycles. The number of nitrogens with zero attached hydrogens (tertiary/aromatic N) is 3. The molecule has 0 unspecified atom stereocenters. The van der Waals surface area contributed by atoms with Gasteiger partial charge in [-0.25, -0.2) is 4.68 Å². The van der Waals surface area contributed by atoms with Gasteiger partial charge >= 0.3 is 0 Å². The van der Waals surface area contributed by atoms with Gasteiger partial charge in [0.05, 0.1) is 11.7 Å². The summed E-state index contributed by atoms with van der Waals surface area (Å²) in [6.45, 7) is 1.20. The first-order chi connectivity index (χ1) is 11.2. The van der Waals surface area contributed by atoms with Crippen molar-refractivity contribution in [3.8, 4) is 11.3 Å². The molecule has 1 amide bonds. The molecular formula is C18H19N3O2. The Kier molecular flexibility index (Phi) is 3.48. The average Bonchev–Trinajstić information content (AvgIpc) is 2.47. The summed E-state index contributed by atoms with van der Waals surface area (Å²) in [5.41, 5.74) is 1.67. The van der Waals surface area contributed by atoms with E-state index in [0.717, 1.165) is 30.5 Å². The Morgan fingerprint density at radius 2 is 1.78 bits per heavy atom. The van der Waals surface area contributed by atoms with Crippen LogP contribution in [0.5, 0.6) is 0 Å². The van der Waals surface area contributed by atoms with Crippen LogP contribution in [0.4, 0.5) is 0 Å². The van der Waals surface area contributed by atoms with Crippen LogP contribution in [0, 0.1) is 5.92 Å². The number of amides is 1. The summed E-state index contributed by atoms with van der Waals surface area (Å²) in [7, 11) is 0. The maximum absolute atomic E-state index is 12.2. The highest BCUT2D eigenvalue weighted by molar-refractivity contribution is 5.80. The molecule has 118 valence electrons. The van der Waals surface area contributed by atoms with E-state index in [1.165, 1.54) is 4.68 Å². The van der Waals surface area contributed by atoms with Gasteiger partial charge in [0.1, 0.15) is 0 Å². The molecule has 2 aliphatic rings. The second kappa shape index (κ2) is 5.65. The number of carbonyl (C=O) groups excluding carboxylic acids is 1. The number of rotatable bonds is 3. The highest BCUT2D eigenvalue weighted by atomic mass is 16.2. The molecule has 1 aliphatic carbocycles. The summed E-state index contributed by atoms with van der Waals surface area (Å²) in [4.78, 5) is 26.1. The first-order valence-corrected chi connectivity index (χ1v) is 8.16. The van der Waals surface area contributed by atoms with Gasteiger partial charge in [-0.15, -0.1) is 0 Å². The Morgan fingerprint density at radius 1 is 1.04 bits per heavy atom. The van der Waals surface area contributed by atoms with Crippen molar-refractivity contribution in [1.29, 1.82) is 0 Å². The molecule has 1 saturated heterocycles. The molecule has 0 N–H and O–H groups in total. The number of likely N-dealkylation sites (tertiary alicyclic amines) is 1. The van der Waals surface area contributed by atoms with Crippen LogP contribution in [-0.4, -0.2) is 33.7 Å². The van der Waals surface area contributed by atoms with Crippen LogP contribution in [0.2, 0.25) is 0 Å². The Morgan fingerprint density at radius 3 is 2.43 bits per heavy atom. The third-order valence-electron chi connectivity index (χ3n) is 4.87. The summed E-state index contributed by atoms with van der Waals surface area (Å²) in [5.74, 6) is 0.469. The van der Waals surface area contributed by atoms with Gasteiger partial charge in [0.15, 0.2) is 0 Å². The fourth-order valence-electron chi connectivity index (χ4n) is 3.15. The SMILES string of the molecule is O=C(C1CCC1)N1CC(n2nc(-c3ccccc3)ccc2=O)C1. The number of hydrogen-bond donors (Lipinski definition) is 0. The summed E-state index contributed by atoms with van der Waals surface area (Å²) >= 11 is 0. The van der Waals surface area contributed by atoms with Crippen molar-refractivity contribution in [1.82, 2.24) is 14.7 Å². The molecule has 0 bridgehead atoms. The second-order valence-corrected chi connectivity index (χ2v) is 6.39. The predicted octanol–water partition coefficient (Wildman–Crippen LogP) is 2.09. The van der Waals surface area contributed by atoms with Crippen LogP contribution >= 0.6 is 0 Å². The van der Waals surface area contributed by atoms with Gasteiger partial charge in [0.25, 0.3) is 5.56 Å². The molecule has 1 saturated carbocycles. The lowest BCUT2D eigenvalue weighted by molar-refractivity contribution is -0.144. The third-order valence-corrected chi connectivity index (χ3v) is 4.87. The second-order valence-electron chi connectivity index (χ2n) is 6.39. The van der Waals surface area contributed by atoms with E-state index in [-0.39, 0.29) is 23.4 Å². The smallest absolute Gasteiger partial charge is 0.267 e. The molecular weight excluding hydrogens is 290 g/mol. The van der Waals surface area contributed by atoms with Gasteiger partial charge in [-0.3, -0.25) is 9.59 Å². The van der Waals surface area contributed by atoms with Gasteiger partial charge in [-0.05, 0) is 18.9 Å². The first kappa shape index (κ1) is 14.2. The highest BCUT2D eigenvalue weighted by Gasteiger charge is 2.38. The zero-order valence-electron chi connectivity index (χ0n) is 12.9. The average molecular weight is 309 g/mol. The van der Waals surface area contributed by atoms with Gasteiger partial charge in [-0.1, -0.05) is 36.8 Å². The molecule has 1 aromatic heterocycles. The minimum atomic E-state index is -0.106. The van der Waals surface area contributed by atoms with Crippen molar-refractivity contribution < 1.29 is 4.79 Å². The Hall–Kier alpha value is -2.43. The van der Waals surface area contributed by atoms with Gasteiger partial charge < -0.3 is 4.90 Å². The van der Waals surface area contributed by atoms with Crippen LogP contribution in [-0.2, 0) is 4.79 Å². The van der Waals surface area contributed by atoms with Crippen LogP contribution in [0.1, 0.15) is 25.3 Å². The molecule has 0 spiro atoms. The van der Waals surface area contributed by atoms with E-state index in [1.54, 1.807) is 12.1 Å². The molecule has 0 atom stereocenters. The van der Waals surface area contributed by atoms with Crippen LogP contribution in [0.15, 0.2) is 47.3 Å². The van der Waals surface area contributed by atoms with Gasteiger partial charge in [0.2, 0.25) is 5.91 Å². The maximum Gasteiger partial charge on any atom is 0.267 e. The fourth-order valence-corrected chi connectivity index (χ4v) is 3.15. The molecule has 2 heterocycles. The Bertz CT molecular complexity index is 774. The van der Waals surface area contributed by atoms with E-state index >= 15 is 0 Å². The number of aromatic nitrogens is 2. The number of benzene rings is 1. The summed E-state index contributed by atoms with van der Waals surface area (Å²) in [5, 5.41) is 4.50. The zero-order chi connectivity index (χ0) is 15.8. The van der Waals surface area contributed by atoms with Crippen molar-refractivity contribution in [3.05, 3.63) is 52.8 Å². The van der Waals surface area contributed by atoms with Crippen molar-refractivity contribution in [3.63, 3.8) is 0 Å². The van der Waals surface area contributed by atoms with Crippen LogP contribution in [0.3, 0.4) is 0 Å². The Labute approximate surface area is 134 Å². The fraction of sp³-hybridized carbons (Fsp3) is 0.389. The Balaban J connectivity index is 1.51. The molecule has 2 aromatic rings. The van der Waals surface area contributed by atoms with Gasteiger partial charge in [0, 0.05) is 30.6 Å². The lowest BCUT2D eigenvalue weighted by atomic mass is 9.83. The number of carbonyl (C=O) groups is 1. The maximum atomic E-state index is 12.2. The van der Waals surface area contributed by atoms with E-state index in [2.05, 4.69) is 5.10 Å². The molecule has 4 rings (SSSR count). The third kappa shape index (κ3) is 2.56. The normalized spacial score (nSPS) is 18.3. The van der Waals surface area contributed by atoms with Crippen molar-refractivity contribution in [2.75, 3.05) is 13.1 Å².